The average molecular weight is 346 g/mol. The van der Waals surface area contributed by atoms with Crippen molar-refractivity contribution in [3.63, 3.8) is 0 Å². The lowest BCUT2D eigenvalue weighted by Gasteiger charge is -2.14. The Balaban J connectivity index is 1.97. The maximum Gasteiger partial charge on any atom is 0.319 e. The summed E-state index contributed by atoms with van der Waals surface area (Å²) in [6, 6.07) is 2.89. The summed E-state index contributed by atoms with van der Waals surface area (Å²) < 4.78 is 65.4. The van der Waals surface area contributed by atoms with Crippen LogP contribution in [-0.2, 0) is 0 Å². The largest absolute Gasteiger partial charge is 0.386 e. The first-order valence-corrected chi connectivity index (χ1v) is 6.61. The van der Waals surface area contributed by atoms with E-state index in [0.29, 0.717) is 12.1 Å². The van der Waals surface area contributed by atoms with Crippen LogP contribution < -0.4 is 10.6 Å². The van der Waals surface area contributed by atoms with Gasteiger partial charge < -0.3 is 15.7 Å². The molecule has 0 aliphatic carbocycles. The number of nitrogens with one attached hydrogen (secondary N) is 2. The highest BCUT2D eigenvalue weighted by molar-refractivity contribution is 5.89. The summed E-state index contributed by atoms with van der Waals surface area (Å²) >= 11 is 0. The average Bonchev–Trinajstić information content (AvgIpc) is 2.53. The number of rotatable bonds is 4. The number of carbonyl (C=O) groups excluding carboxylic acids is 1. The van der Waals surface area contributed by atoms with E-state index in [-0.39, 0.29) is 5.56 Å². The van der Waals surface area contributed by atoms with E-state index >= 15 is 0 Å². The van der Waals surface area contributed by atoms with Crippen molar-refractivity contribution in [2.75, 3.05) is 11.9 Å². The second-order valence-corrected chi connectivity index (χ2v) is 4.74. The number of anilines is 1. The van der Waals surface area contributed by atoms with Crippen LogP contribution in [0.5, 0.6) is 0 Å². The molecule has 128 valence electrons. The Kier molecular flexibility index (Phi) is 5.35. The van der Waals surface area contributed by atoms with Crippen molar-refractivity contribution in [1.29, 1.82) is 0 Å². The maximum absolute atomic E-state index is 13.5. The number of benzene rings is 2. The molecule has 2 aromatic carbocycles. The molecule has 4 nitrogen and oxygen atoms in total. The van der Waals surface area contributed by atoms with Gasteiger partial charge in [0.2, 0.25) is 0 Å². The third-order valence-corrected chi connectivity index (χ3v) is 3.06. The second-order valence-electron chi connectivity index (χ2n) is 4.74. The lowest BCUT2D eigenvalue weighted by Crippen LogP contribution is -2.33. The number of amides is 2. The Morgan fingerprint density at radius 3 is 2.38 bits per heavy atom. The second kappa shape index (κ2) is 7.26. The normalized spacial score (nSPS) is 11.9. The van der Waals surface area contributed by atoms with E-state index < -0.39 is 53.5 Å². The molecule has 0 aliphatic rings. The summed E-state index contributed by atoms with van der Waals surface area (Å²) in [6.07, 6.45) is -1.49. The van der Waals surface area contributed by atoms with Crippen molar-refractivity contribution in [3.05, 3.63) is 65.0 Å². The van der Waals surface area contributed by atoms with Gasteiger partial charge in [-0.1, -0.05) is 6.07 Å². The lowest BCUT2D eigenvalue weighted by atomic mass is 10.1. The van der Waals surface area contributed by atoms with Gasteiger partial charge in [-0.25, -0.2) is 26.7 Å². The number of carbonyl (C=O) groups is 1. The molecule has 0 aliphatic heterocycles. The van der Waals surface area contributed by atoms with Crippen LogP contribution in [0.3, 0.4) is 0 Å². The third kappa shape index (κ3) is 3.99. The summed E-state index contributed by atoms with van der Waals surface area (Å²) in [6.45, 7) is -0.486. The van der Waals surface area contributed by atoms with Crippen LogP contribution in [0.4, 0.5) is 32.4 Å². The summed E-state index contributed by atoms with van der Waals surface area (Å²) in [4.78, 5) is 11.6. The fraction of sp³-hybridized carbons (Fsp3) is 0.133. The van der Waals surface area contributed by atoms with Crippen LogP contribution >= 0.6 is 0 Å². The van der Waals surface area contributed by atoms with Crippen molar-refractivity contribution in [2.45, 2.75) is 6.10 Å². The van der Waals surface area contributed by atoms with Gasteiger partial charge in [0.15, 0.2) is 17.5 Å². The highest BCUT2D eigenvalue weighted by atomic mass is 19.2. The third-order valence-electron chi connectivity index (χ3n) is 3.06. The molecule has 9 heteroatoms. The van der Waals surface area contributed by atoms with Crippen molar-refractivity contribution in [2.24, 2.45) is 0 Å². The van der Waals surface area contributed by atoms with Gasteiger partial charge in [-0.05, 0) is 18.2 Å². The predicted octanol–water partition coefficient (Wildman–Crippen LogP) is 3.24. The first-order chi connectivity index (χ1) is 11.3. The molecule has 0 bridgehead atoms. The molecule has 0 saturated carbocycles. The van der Waals surface area contributed by atoms with Crippen LogP contribution in [0.25, 0.3) is 0 Å². The predicted molar refractivity (Wildman–Crippen MR) is 74.7 cm³/mol. The van der Waals surface area contributed by atoms with Crippen molar-refractivity contribution < 1.29 is 31.9 Å². The Morgan fingerprint density at radius 2 is 1.71 bits per heavy atom. The van der Waals surface area contributed by atoms with Gasteiger partial charge in [0.25, 0.3) is 0 Å². The highest BCUT2D eigenvalue weighted by Gasteiger charge is 2.17. The molecule has 2 rings (SSSR count). The molecule has 0 spiro atoms. The molecule has 0 heterocycles. The summed E-state index contributed by atoms with van der Waals surface area (Å²) in [5.74, 6) is -6.59. The monoisotopic (exact) mass is 346 g/mol. The molecule has 0 unspecified atom stereocenters. The van der Waals surface area contributed by atoms with Crippen molar-refractivity contribution in [3.8, 4) is 0 Å². The van der Waals surface area contributed by atoms with E-state index in [4.69, 9.17) is 0 Å². The smallest absolute Gasteiger partial charge is 0.319 e. The number of aliphatic hydroxyl groups is 1. The van der Waals surface area contributed by atoms with Crippen LogP contribution in [-0.4, -0.2) is 17.7 Å². The molecule has 0 fully saturated rings. The number of aliphatic hydroxyl groups excluding tert-OH is 1. The van der Waals surface area contributed by atoms with Crippen LogP contribution in [0.1, 0.15) is 11.7 Å². The molecule has 24 heavy (non-hydrogen) atoms. The van der Waals surface area contributed by atoms with E-state index in [2.05, 4.69) is 5.32 Å². The zero-order valence-corrected chi connectivity index (χ0v) is 11.9. The summed E-state index contributed by atoms with van der Waals surface area (Å²) in [5, 5.41) is 13.8. The Labute approximate surface area is 132 Å². The molecule has 0 radical (unpaired) electrons. The van der Waals surface area contributed by atoms with E-state index in [1.54, 1.807) is 0 Å². The number of urea groups is 1. The maximum atomic E-state index is 13.5. The summed E-state index contributed by atoms with van der Waals surface area (Å²) in [5.41, 5.74) is -0.871. The van der Waals surface area contributed by atoms with Crippen molar-refractivity contribution >= 4 is 11.7 Å². The quantitative estimate of drug-likeness (QED) is 0.588. The van der Waals surface area contributed by atoms with Gasteiger partial charge in [0.05, 0.1) is 11.8 Å². The fourth-order valence-corrected chi connectivity index (χ4v) is 1.86. The number of hydrogen-bond acceptors (Lipinski definition) is 2. The highest BCUT2D eigenvalue weighted by Crippen LogP contribution is 2.20. The minimum Gasteiger partial charge on any atom is -0.386 e. The van der Waals surface area contributed by atoms with Gasteiger partial charge in [-0.2, -0.15) is 0 Å². The van der Waals surface area contributed by atoms with E-state index in [1.807, 2.05) is 5.32 Å². The molecular weight excluding hydrogens is 335 g/mol. The molecule has 2 aromatic rings. The molecule has 3 N–H and O–H groups in total. The minimum atomic E-state index is -1.75. The molecule has 1 atom stereocenters. The van der Waals surface area contributed by atoms with Crippen LogP contribution in [0.15, 0.2) is 30.3 Å². The zero-order valence-electron chi connectivity index (χ0n) is 11.9. The van der Waals surface area contributed by atoms with E-state index in [9.17, 15) is 31.9 Å². The molecule has 2 amide bonds. The zero-order chi connectivity index (χ0) is 17.9. The van der Waals surface area contributed by atoms with Crippen molar-refractivity contribution in [1.82, 2.24) is 5.32 Å². The molecular formula is C15H11F5N2O2. The first-order valence-electron chi connectivity index (χ1n) is 6.61. The van der Waals surface area contributed by atoms with Crippen LogP contribution in [0, 0.1) is 29.1 Å². The van der Waals surface area contributed by atoms with Gasteiger partial charge in [0.1, 0.15) is 11.6 Å². The topological polar surface area (TPSA) is 61.4 Å². The van der Waals surface area contributed by atoms with Gasteiger partial charge in [-0.15, -0.1) is 0 Å². The summed E-state index contributed by atoms with van der Waals surface area (Å²) in [7, 11) is 0. The van der Waals surface area contributed by atoms with Crippen LogP contribution in [0.2, 0.25) is 0 Å². The van der Waals surface area contributed by atoms with Gasteiger partial charge >= 0.3 is 6.03 Å². The minimum absolute atomic E-state index is 0.254. The fourth-order valence-electron chi connectivity index (χ4n) is 1.86. The standard InChI is InChI=1S/C15H11F5N2O2/c16-7-1-2-8(10(18)5-7)12(23)6-21-15(24)22-11-4-3-9(17)13(19)14(11)20/h1-5,12,23H,6H2,(H2,21,22,24)/t12-/m0/s1. The van der Waals surface area contributed by atoms with E-state index in [0.717, 1.165) is 18.2 Å². The van der Waals surface area contributed by atoms with E-state index in [1.165, 1.54) is 0 Å². The SMILES string of the molecule is O=C(NC[C@H](O)c1ccc(F)cc1F)Nc1ccc(F)c(F)c1F. The molecule has 0 aromatic heterocycles. The first kappa shape index (κ1) is 17.7. The van der Waals surface area contributed by atoms with Gasteiger partial charge in [0, 0.05) is 18.2 Å². The Hall–Kier alpha value is -2.68. The number of halogens is 5. The lowest BCUT2D eigenvalue weighted by molar-refractivity contribution is 0.170. The molecule has 0 saturated heterocycles. The number of hydrogen-bond donors (Lipinski definition) is 3. The van der Waals surface area contributed by atoms with Gasteiger partial charge in [-0.3, -0.25) is 0 Å². The Bertz CT molecular complexity index is 770. The Morgan fingerprint density at radius 1 is 1.00 bits per heavy atom.